The molecule has 6 heteroatoms. The number of benzene rings is 3. The van der Waals surface area contributed by atoms with Gasteiger partial charge in [0.05, 0.1) is 10.6 Å². The normalized spacial score (nSPS) is 11.4. The van der Waals surface area contributed by atoms with Crippen LogP contribution in [0.1, 0.15) is 22.3 Å². The average molecular weight is 421 g/mol. The van der Waals surface area contributed by atoms with Gasteiger partial charge in [-0.3, -0.25) is 9.52 Å². The molecule has 0 aromatic heterocycles. The highest BCUT2D eigenvalue weighted by Gasteiger charge is 2.15. The van der Waals surface area contributed by atoms with Crippen molar-refractivity contribution < 1.29 is 13.2 Å². The van der Waals surface area contributed by atoms with Crippen molar-refractivity contribution in [2.45, 2.75) is 25.7 Å². The lowest BCUT2D eigenvalue weighted by atomic mass is 10.1. The molecular formula is C24H24N2O3S. The molecule has 3 aromatic rings. The summed E-state index contributed by atoms with van der Waals surface area (Å²) in [6.45, 7) is 5.75. The lowest BCUT2D eigenvalue weighted by Gasteiger charge is -2.12. The second kappa shape index (κ2) is 8.97. The Morgan fingerprint density at radius 2 is 1.47 bits per heavy atom. The van der Waals surface area contributed by atoms with Gasteiger partial charge in [-0.25, -0.2) is 8.42 Å². The smallest absolute Gasteiger partial charge is 0.261 e. The van der Waals surface area contributed by atoms with Gasteiger partial charge in [-0.05, 0) is 73.9 Å². The van der Waals surface area contributed by atoms with E-state index in [4.69, 9.17) is 0 Å². The van der Waals surface area contributed by atoms with Crippen molar-refractivity contribution in [1.82, 2.24) is 0 Å². The number of rotatable bonds is 6. The van der Waals surface area contributed by atoms with E-state index in [0.29, 0.717) is 11.4 Å². The quantitative estimate of drug-likeness (QED) is 0.547. The van der Waals surface area contributed by atoms with Crippen LogP contribution in [0.4, 0.5) is 11.4 Å². The third kappa shape index (κ3) is 5.58. The summed E-state index contributed by atoms with van der Waals surface area (Å²) in [5.74, 6) is -0.292. The maximum atomic E-state index is 12.7. The summed E-state index contributed by atoms with van der Waals surface area (Å²) in [6.07, 6.45) is 3.17. The number of hydrogen-bond donors (Lipinski definition) is 2. The maximum absolute atomic E-state index is 12.7. The van der Waals surface area contributed by atoms with Crippen LogP contribution >= 0.6 is 0 Å². The van der Waals surface area contributed by atoms with Crippen molar-refractivity contribution in [3.8, 4) is 0 Å². The molecule has 1 amide bonds. The number of aryl methyl sites for hydroxylation is 3. The summed E-state index contributed by atoms with van der Waals surface area (Å²) in [6, 6.07) is 19.5. The second-order valence-electron chi connectivity index (χ2n) is 7.18. The van der Waals surface area contributed by atoms with Crippen molar-refractivity contribution in [2.24, 2.45) is 0 Å². The molecule has 3 rings (SSSR count). The van der Waals surface area contributed by atoms with Crippen molar-refractivity contribution in [1.29, 1.82) is 0 Å². The minimum atomic E-state index is -3.72. The number of carbonyl (C=O) groups is 1. The number of nitrogens with one attached hydrogen (secondary N) is 2. The van der Waals surface area contributed by atoms with Crippen LogP contribution in [0.15, 0.2) is 77.7 Å². The molecule has 0 bridgehead atoms. The van der Waals surface area contributed by atoms with E-state index in [2.05, 4.69) is 10.0 Å². The van der Waals surface area contributed by atoms with E-state index in [0.717, 1.165) is 22.3 Å². The van der Waals surface area contributed by atoms with E-state index in [9.17, 15) is 13.2 Å². The molecule has 0 fully saturated rings. The average Bonchev–Trinajstić information content (AvgIpc) is 2.70. The largest absolute Gasteiger partial charge is 0.323 e. The summed E-state index contributed by atoms with van der Waals surface area (Å²) in [7, 11) is -3.72. The van der Waals surface area contributed by atoms with Crippen molar-refractivity contribution in [3.05, 3.63) is 95.1 Å². The van der Waals surface area contributed by atoms with Gasteiger partial charge >= 0.3 is 0 Å². The zero-order valence-corrected chi connectivity index (χ0v) is 18.0. The molecule has 0 aliphatic heterocycles. The lowest BCUT2D eigenvalue weighted by Crippen LogP contribution is -2.14. The van der Waals surface area contributed by atoms with Crippen LogP contribution < -0.4 is 10.0 Å². The minimum Gasteiger partial charge on any atom is -0.323 e. The zero-order valence-electron chi connectivity index (χ0n) is 17.1. The number of sulfonamides is 1. The Kier molecular flexibility index (Phi) is 6.37. The van der Waals surface area contributed by atoms with Crippen LogP contribution in [0.5, 0.6) is 0 Å². The van der Waals surface area contributed by atoms with Gasteiger partial charge in [0.15, 0.2) is 0 Å². The van der Waals surface area contributed by atoms with E-state index in [1.165, 1.54) is 18.2 Å². The van der Waals surface area contributed by atoms with Crippen molar-refractivity contribution in [2.75, 3.05) is 10.0 Å². The molecule has 3 aromatic carbocycles. The van der Waals surface area contributed by atoms with E-state index < -0.39 is 10.0 Å². The Labute approximate surface area is 177 Å². The molecule has 0 saturated heterocycles. The van der Waals surface area contributed by atoms with E-state index in [-0.39, 0.29) is 10.8 Å². The van der Waals surface area contributed by atoms with Gasteiger partial charge in [-0.1, -0.05) is 42.0 Å². The molecule has 0 radical (unpaired) electrons. The highest BCUT2D eigenvalue weighted by molar-refractivity contribution is 7.92. The van der Waals surface area contributed by atoms with Gasteiger partial charge in [-0.2, -0.15) is 0 Å². The molecular weight excluding hydrogens is 396 g/mol. The molecule has 0 saturated carbocycles. The summed E-state index contributed by atoms with van der Waals surface area (Å²) in [4.78, 5) is 12.2. The summed E-state index contributed by atoms with van der Waals surface area (Å²) >= 11 is 0. The van der Waals surface area contributed by atoms with Crippen LogP contribution in [0.3, 0.4) is 0 Å². The van der Waals surface area contributed by atoms with Gasteiger partial charge in [0.2, 0.25) is 5.91 Å². The molecule has 30 heavy (non-hydrogen) atoms. The Hall–Kier alpha value is -3.38. The van der Waals surface area contributed by atoms with Gasteiger partial charge in [-0.15, -0.1) is 0 Å². The van der Waals surface area contributed by atoms with Gasteiger partial charge in [0, 0.05) is 11.8 Å². The number of anilines is 2. The minimum absolute atomic E-state index is 0.122. The molecule has 5 nitrogen and oxygen atoms in total. The van der Waals surface area contributed by atoms with Crippen LogP contribution in [0, 0.1) is 20.8 Å². The highest BCUT2D eigenvalue weighted by Crippen LogP contribution is 2.22. The van der Waals surface area contributed by atoms with Crippen molar-refractivity contribution >= 4 is 33.4 Å². The zero-order chi connectivity index (χ0) is 21.7. The first-order valence-electron chi connectivity index (χ1n) is 9.49. The summed E-state index contributed by atoms with van der Waals surface area (Å²) in [5, 5.41) is 2.73. The fraction of sp³-hybridized carbons (Fsp3) is 0.125. The van der Waals surface area contributed by atoms with E-state index in [1.807, 2.05) is 57.2 Å². The predicted molar refractivity (Wildman–Crippen MR) is 122 cm³/mol. The second-order valence-corrected chi connectivity index (χ2v) is 8.86. The maximum Gasteiger partial charge on any atom is 0.261 e. The topological polar surface area (TPSA) is 75.3 Å². The summed E-state index contributed by atoms with van der Waals surface area (Å²) in [5.41, 5.74) is 4.95. The first kappa shape index (κ1) is 21.3. The van der Waals surface area contributed by atoms with Crippen LogP contribution in [-0.2, 0) is 14.8 Å². The van der Waals surface area contributed by atoms with Crippen molar-refractivity contribution in [3.63, 3.8) is 0 Å². The molecule has 0 heterocycles. The third-order valence-corrected chi connectivity index (χ3v) is 5.96. The predicted octanol–water partition coefficient (Wildman–Crippen LogP) is 5.06. The summed E-state index contributed by atoms with van der Waals surface area (Å²) < 4.78 is 28.0. The standard InChI is InChI=1S/C24H24N2O3S/c1-17-5-8-20(9-6-17)10-15-24(27)25-21-11-13-22(14-12-21)30(28,29)26-23-16-18(2)4-7-19(23)3/h4-16,26H,1-3H3,(H,25,27)/b15-10+. The first-order valence-corrected chi connectivity index (χ1v) is 11.0. The van der Waals surface area contributed by atoms with Crippen LogP contribution in [0.25, 0.3) is 6.08 Å². The number of carbonyl (C=O) groups excluding carboxylic acids is 1. The van der Waals surface area contributed by atoms with E-state index >= 15 is 0 Å². The van der Waals surface area contributed by atoms with E-state index in [1.54, 1.807) is 24.3 Å². The first-order chi connectivity index (χ1) is 14.2. The fourth-order valence-electron chi connectivity index (χ4n) is 2.80. The molecule has 154 valence electrons. The molecule has 0 unspecified atom stereocenters. The Bertz CT molecular complexity index is 1180. The Morgan fingerprint density at radius 3 is 2.13 bits per heavy atom. The Balaban J connectivity index is 1.67. The van der Waals surface area contributed by atoms with Crippen LogP contribution in [0.2, 0.25) is 0 Å². The molecule has 0 atom stereocenters. The van der Waals surface area contributed by atoms with Gasteiger partial charge in [0.25, 0.3) is 10.0 Å². The molecule has 2 N–H and O–H groups in total. The molecule has 0 spiro atoms. The highest BCUT2D eigenvalue weighted by atomic mass is 32.2. The monoisotopic (exact) mass is 420 g/mol. The Morgan fingerprint density at radius 1 is 0.833 bits per heavy atom. The molecule has 0 aliphatic rings. The SMILES string of the molecule is Cc1ccc(/C=C/C(=O)Nc2ccc(S(=O)(=O)Nc3cc(C)ccc3C)cc2)cc1. The lowest BCUT2D eigenvalue weighted by molar-refractivity contribution is -0.111. The van der Waals surface area contributed by atoms with Gasteiger partial charge in [0.1, 0.15) is 0 Å². The fourth-order valence-corrected chi connectivity index (χ4v) is 3.92. The molecule has 0 aliphatic carbocycles. The third-order valence-electron chi connectivity index (χ3n) is 4.57. The number of hydrogen-bond acceptors (Lipinski definition) is 3. The van der Waals surface area contributed by atoms with Crippen LogP contribution in [-0.4, -0.2) is 14.3 Å². The number of amides is 1. The van der Waals surface area contributed by atoms with Gasteiger partial charge < -0.3 is 5.32 Å².